The number of H-pyrrole nitrogens is 1. The van der Waals surface area contributed by atoms with Crippen molar-refractivity contribution in [1.82, 2.24) is 15.3 Å². The largest absolute Gasteiger partial charge is 0.382 e. The number of aromatic amines is 1. The summed E-state index contributed by atoms with van der Waals surface area (Å²) in [6, 6.07) is 8.82. The molecule has 1 unspecified atom stereocenters. The first-order valence-corrected chi connectivity index (χ1v) is 11.8. The van der Waals surface area contributed by atoms with E-state index in [1.54, 1.807) is 31.2 Å². The number of carbonyl (C=O) groups excluding carboxylic acids is 1. The van der Waals surface area contributed by atoms with E-state index in [0.29, 0.717) is 29.8 Å². The zero-order valence-corrected chi connectivity index (χ0v) is 18.4. The van der Waals surface area contributed by atoms with E-state index in [2.05, 4.69) is 25.9 Å². The van der Waals surface area contributed by atoms with Gasteiger partial charge in [0.25, 0.3) is 0 Å². The zero-order chi connectivity index (χ0) is 22.6. The van der Waals surface area contributed by atoms with Gasteiger partial charge in [0, 0.05) is 31.5 Å². The van der Waals surface area contributed by atoms with Crippen molar-refractivity contribution in [2.45, 2.75) is 30.8 Å². The summed E-state index contributed by atoms with van der Waals surface area (Å²) in [5.41, 5.74) is 2.10. The van der Waals surface area contributed by atoms with Crippen LogP contribution >= 0.6 is 0 Å². The second-order valence-electron chi connectivity index (χ2n) is 7.33. The Balaban J connectivity index is 1.59. The Kier molecular flexibility index (Phi) is 6.47. The van der Waals surface area contributed by atoms with Crippen molar-refractivity contribution in [2.75, 3.05) is 30.3 Å². The predicted molar refractivity (Wildman–Crippen MR) is 121 cm³/mol. The molecule has 0 spiro atoms. The third kappa shape index (κ3) is 5.11. The minimum absolute atomic E-state index is 0.107. The second-order valence-corrected chi connectivity index (χ2v) is 8.85. The number of hydrogen-bond acceptors (Lipinski definition) is 7. The molecule has 2 amide bonds. The molecule has 1 saturated heterocycles. The molecule has 1 atom stereocenters. The van der Waals surface area contributed by atoms with Crippen LogP contribution in [0, 0.1) is 0 Å². The summed E-state index contributed by atoms with van der Waals surface area (Å²) in [4.78, 5) is 19.0. The van der Waals surface area contributed by atoms with Gasteiger partial charge in [-0.3, -0.25) is 0 Å². The van der Waals surface area contributed by atoms with Crippen LogP contribution in [0.4, 0.5) is 16.2 Å². The van der Waals surface area contributed by atoms with Gasteiger partial charge in [0.15, 0.2) is 0 Å². The SMILES string of the molecule is CCNC(=O)Nc1cc(NCC2CCCO2)ccc1S(=O)(=O)Oc1ccc2nc[nH]c2c1. The van der Waals surface area contributed by atoms with Crippen LogP contribution in [0.5, 0.6) is 5.75 Å². The highest BCUT2D eigenvalue weighted by molar-refractivity contribution is 7.87. The van der Waals surface area contributed by atoms with Gasteiger partial charge in [-0.2, -0.15) is 8.42 Å². The van der Waals surface area contributed by atoms with Crippen LogP contribution in [-0.4, -0.2) is 50.2 Å². The summed E-state index contributed by atoms with van der Waals surface area (Å²) in [6.45, 7) is 3.50. The minimum Gasteiger partial charge on any atom is -0.382 e. The lowest BCUT2D eigenvalue weighted by Gasteiger charge is -2.16. The number of carbonyl (C=O) groups is 1. The Morgan fingerprint density at radius 1 is 1.28 bits per heavy atom. The maximum atomic E-state index is 13.1. The summed E-state index contributed by atoms with van der Waals surface area (Å²) >= 11 is 0. The van der Waals surface area contributed by atoms with Crippen molar-refractivity contribution in [2.24, 2.45) is 0 Å². The molecule has 0 radical (unpaired) electrons. The summed E-state index contributed by atoms with van der Waals surface area (Å²) in [7, 11) is -4.23. The number of nitrogens with zero attached hydrogens (tertiary/aromatic N) is 1. The van der Waals surface area contributed by atoms with E-state index in [1.807, 2.05) is 0 Å². The topological polar surface area (TPSA) is 134 Å². The maximum Gasteiger partial charge on any atom is 0.341 e. The van der Waals surface area contributed by atoms with E-state index < -0.39 is 16.1 Å². The first-order valence-electron chi connectivity index (χ1n) is 10.4. The minimum atomic E-state index is -4.23. The summed E-state index contributed by atoms with van der Waals surface area (Å²) in [6.07, 6.45) is 3.62. The number of hydrogen-bond donors (Lipinski definition) is 4. The molecule has 1 aromatic heterocycles. The van der Waals surface area contributed by atoms with Crippen molar-refractivity contribution < 1.29 is 22.1 Å². The van der Waals surface area contributed by atoms with Crippen LogP contribution in [0.1, 0.15) is 19.8 Å². The van der Waals surface area contributed by atoms with Gasteiger partial charge in [0.1, 0.15) is 10.6 Å². The van der Waals surface area contributed by atoms with Crippen molar-refractivity contribution >= 4 is 38.6 Å². The predicted octanol–water partition coefficient (Wildman–Crippen LogP) is 3.06. The van der Waals surface area contributed by atoms with Gasteiger partial charge in [-0.15, -0.1) is 0 Å². The number of benzene rings is 2. The van der Waals surface area contributed by atoms with Crippen LogP contribution in [0.15, 0.2) is 47.6 Å². The normalized spacial score (nSPS) is 16.1. The molecule has 4 rings (SSSR count). The fourth-order valence-electron chi connectivity index (χ4n) is 3.46. The van der Waals surface area contributed by atoms with Gasteiger partial charge in [0.05, 0.1) is 29.2 Å². The van der Waals surface area contributed by atoms with Crippen molar-refractivity contribution in [3.05, 3.63) is 42.7 Å². The summed E-state index contributed by atoms with van der Waals surface area (Å²) < 4.78 is 37.1. The van der Waals surface area contributed by atoms with Gasteiger partial charge in [0.2, 0.25) is 0 Å². The van der Waals surface area contributed by atoms with Crippen LogP contribution in [-0.2, 0) is 14.9 Å². The van der Waals surface area contributed by atoms with E-state index in [4.69, 9.17) is 8.92 Å². The van der Waals surface area contributed by atoms with Crippen LogP contribution in [0.2, 0.25) is 0 Å². The number of urea groups is 1. The van der Waals surface area contributed by atoms with Crippen molar-refractivity contribution in [3.8, 4) is 5.75 Å². The van der Waals surface area contributed by atoms with Gasteiger partial charge in [-0.05, 0) is 50.1 Å². The molecule has 32 heavy (non-hydrogen) atoms. The summed E-state index contributed by atoms with van der Waals surface area (Å²) in [5.74, 6) is 0.131. The molecule has 0 saturated carbocycles. The molecule has 3 aromatic rings. The van der Waals surface area contributed by atoms with E-state index in [9.17, 15) is 13.2 Å². The van der Waals surface area contributed by atoms with Crippen LogP contribution in [0.3, 0.4) is 0 Å². The fourth-order valence-corrected chi connectivity index (χ4v) is 4.52. The smallest absolute Gasteiger partial charge is 0.341 e. The molecule has 1 fully saturated rings. The molecular formula is C21H25N5O5S. The van der Waals surface area contributed by atoms with E-state index in [1.165, 1.54) is 18.5 Å². The van der Waals surface area contributed by atoms with Crippen LogP contribution in [0.25, 0.3) is 11.0 Å². The highest BCUT2D eigenvalue weighted by atomic mass is 32.2. The second kappa shape index (κ2) is 9.45. The number of rotatable bonds is 8. The molecular weight excluding hydrogens is 434 g/mol. The Morgan fingerprint density at radius 2 is 2.16 bits per heavy atom. The number of ether oxygens (including phenoxy) is 1. The van der Waals surface area contributed by atoms with E-state index in [0.717, 1.165) is 19.4 Å². The van der Waals surface area contributed by atoms with Gasteiger partial charge in [-0.25, -0.2) is 9.78 Å². The molecule has 1 aliphatic heterocycles. The van der Waals surface area contributed by atoms with E-state index in [-0.39, 0.29) is 22.4 Å². The molecule has 4 N–H and O–H groups in total. The Bertz CT molecular complexity index is 1200. The quantitative estimate of drug-likeness (QED) is 0.380. The van der Waals surface area contributed by atoms with Crippen molar-refractivity contribution in [1.29, 1.82) is 0 Å². The lowest BCUT2D eigenvalue weighted by atomic mass is 10.2. The number of amides is 2. The van der Waals surface area contributed by atoms with Gasteiger partial charge >= 0.3 is 16.1 Å². The highest BCUT2D eigenvalue weighted by Gasteiger charge is 2.23. The van der Waals surface area contributed by atoms with Crippen LogP contribution < -0.4 is 20.1 Å². The third-order valence-electron chi connectivity index (χ3n) is 4.99. The summed E-state index contributed by atoms with van der Waals surface area (Å²) in [5, 5.41) is 8.43. The van der Waals surface area contributed by atoms with Gasteiger partial charge in [-0.1, -0.05) is 0 Å². The standard InChI is InChI=1S/C21H25N5O5S/c1-2-22-21(27)26-19-10-14(23-12-16-4-3-9-30-16)5-8-20(19)32(28,29)31-15-6-7-17-18(11-15)25-13-24-17/h5-8,10-11,13,16,23H,2-4,9,12H2,1H3,(H,24,25)(H2,22,26,27). The zero-order valence-electron chi connectivity index (χ0n) is 17.6. The van der Waals surface area contributed by atoms with E-state index >= 15 is 0 Å². The third-order valence-corrected chi connectivity index (χ3v) is 6.30. The Hall–Kier alpha value is -3.31. The van der Waals surface area contributed by atoms with Crippen molar-refractivity contribution in [3.63, 3.8) is 0 Å². The maximum absolute atomic E-state index is 13.1. The lowest BCUT2D eigenvalue weighted by molar-refractivity contribution is 0.120. The van der Waals surface area contributed by atoms with Gasteiger partial charge < -0.3 is 29.9 Å². The molecule has 1 aliphatic rings. The average Bonchev–Trinajstić information content (AvgIpc) is 3.43. The monoisotopic (exact) mass is 459 g/mol. The number of anilines is 2. The Labute approximate surface area is 185 Å². The highest BCUT2D eigenvalue weighted by Crippen LogP contribution is 2.29. The lowest BCUT2D eigenvalue weighted by Crippen LogP contribution is -2.29. The molecule has 170 valence electrons. The Morgan fingerprint density at radius 3 is 2.94 bits per heavy atom. The fraction of sp³-hybridized carbons (Fsp3) is 0.333. The number of imidazole rings is 1. The molecule has 2 aromatic carbocycles. The molecule has 0 aliphatic carbocycles. The number of aromatic nitrogens is 2. The average molecular weight is 460 g/mol. The number of nitrogens with one attached hydrogen (secondary N) is 4. The first-order chi connectivity index (χ1) is 15.4. The molecule has 10 nitrogen and oxygen atoms in total. The molecule has 2 heterocycles. The first kappa shape index (κ1) is 21.9. The molecule has 0 bridgehead atoms. The number of fused-ring (bicyclic) bond motifs is 1. The molecule has 11 heteroatoms.